The van der Waals surface area contributed by atoms with Crippen molar-refractivity contribution in [2.75, 3.05) is 6.61 Å². The van der Waals surface area contributed by atoms with E-state index >= 15 is 0 Å². The number of fused-ring (bicyclic) bond motifs is 1. The van der Waals surface area contributed by atoms with E-state index in [4.69, 9.17) is 16.3 Å². The molecule has 0 unspecified atom stereocenters. The fourth-order valence-electron chi connectivity index (χ4n) is 2.32. The van der Waals surface area contributed by atoms with Crippen molar-refractivity contribution in [3.8, 4) is 11.3 Å². The van der Waals surface area contributed by atoms with Crippen LogP contribution in [0.2, 0.25) is 5.02 Å². The smallest absolute Gasteiger partial charge is 0.381 e. The van der Waals surface area contributed by atoms with Gasteiger partial charge in [0.2, 0.25) is 0 Å². The van der Waals surface area contributed by atoms with E-state index in [1.165, 1.54) is 0 Å². The van der Waals surface area contributed by atoms with E-state index in [9.17, 15) is 9.59 Å². The lowest BCUT2D eigenvalue weighted by molar-refractivity contribution is -0.137. The van der Waals surface area contributed by atoms with Gasteiger partial charge in [-0.3, -0.25) is 9.20 Å². The molecule has 0 atom stereocenters. The molecule has 0 aliphatic rings. The molecule has 0 saturated carbocycles. The monoisotopic (exact) mass is 328 g/mol. The third-order valence-electron chi connectivity index (χ3n) is 3.32. The second-order valence-corrected chi connectivity index (χ2v) is 5.23. The Morgan fingerprint density at radius 2 is 1.91 bits per heavy atom. The molecule has 3 aromatic rings. The topological polar surface area (TPSA) is 60.7 Å². The molecule has 1 aromatic carbocycles. The van der Waals surface area contributed by atoms with Crippen molar-refractivity contribution in [2.45, 2.75) is 6.92 Å². The van der Waals surface area contributed by atoms with Crippen molar-refractivity contribution in [1.29, 1.82) is 0 Å². The van der Waals surface area contributed by atoms with Crippen molar-refractivity contribution >= 4 is 29.0 Å². The van der Waals surface area contributed by atoms with Gasteiger partial charge in [0, 0.05) is 16.8 Å². The number of benzene rings is 1. The first kappa shape index (κ1) is 15.2. The van der Waals surface area contributed by atoms with Gasteiger partial charge < -0.3 is 4.74 Å². The number of carbonyl (C=O) groups excluding carboxylic acids is 2. The molecule has 0 radical (unpaired) electrons. The van der Waals surface area contributed by atoms with E-state index in [1.54, 1.807) is 53.9 Å². The van der Waals surface area contributed by atoms with Crippen LogP contribution in [0, 0.1) is 0 Å². The lowest BCUT2D eigenvalue weighted by Gasteiger charge is -2.04. The standard InChI is InChI=1S/C17H13ClN2O3/c1-2-23-17(22)16(21)15-14(11-6-8-12(18)9-7-11)19-13-5-3-4-10-20(13)15/h3-10H,2H2,1H3. The van der Waals surface area contributed by atoms with Gasteiger partial charge >= 0.3 is 5.97 Å². The molecule has 0 fully saturated rings. The first-order valence-corrected chi connectivity index (χ1v) is 7.44. The Morgan fingerprint density at radius 1 is 1.17 bits per heavy atom. The lowest BCUT2D eigenvalue weighted by Crippen LogP contribution is -2.20. The molecule has 3 rings (SSSR count). The summed E-state index contributed by atoms with van der Waals surface area (Å²) in [7, 11) is 0. The molecule has 0 aliphatic carbocycles. The molecule has 0 amide bonds. The molecule has 0 spiro atoms. The van der Waals surface area contributed by atoms with Crippen LogP contribution < -0.4 is 0 Å². The number of aromatic nitrogens is 2. The van der Waals surface area contributed by atoms with E-state index in [0.29, 0.717) is 21.9 Å². The van der Waals surface area contributed by atoms with E-state index < -0.39 is 11.8 Å². The number of nitrogens with zero attached hydrogens (tertiary/aromatic N) is 2. The number of hydrogen-bond acceptors (Lipinski definition) is 4. The van der Waals surface area contributed by atoms with Crippen LogP contribution in [-0.4, -0.2) is 27.7 Å². The Kier molecular flexibility index (Phi) is 4.12. The number of carbonyl (C=O) groups is 2. The maximum absolute atomic E-state index is 12.5. The fourth-order valence-corrected chi connectivity index (χ4v) is 2.44. The normalized spacial score (nSPS) is 10.7. The average Bonchev–Trinajstić information content (AvgIpc) is 2.94. The molecular formula is C17H13ClN2O3. The third-order valence-corrected chi connectivity index (χ3v) is 3.58. The second kappa shape index (κ2) is 6.22. The Balaban J connectivity index is 2.21. The summed E-state index contributed by atoms with van der Waals surface area (Å²) in [6, 6.07) is 12.3. The van der Waals surface area contributed by atoms with E-state index in [-0.39, 0.29) is 12.3 Å². The number of hydrogen-bond donors (Lipinski definition) is 0. The number of halogens is 1. The van der Waals surface area contributed by atoms with Crippen LogP contribution in [0.5, 0.6) is 0 Å². The maximum atomic E-state index is 12.5. The van der Waals surface area contributed by atoms with Crippen molar-refractivity contribution in [2.24, 2.45) is 0 Å². The highest BCUT2D eigenvalue weighted by molar-refractivity contribution is 6.41. The maximum Gasteiger partial charge on any atom is 0.381 e. The van der Waals surface area contributed by atoms with E-state index in [0.717, 1.165) is 0 Å². The van der Waals surface area contributed by atoms with Gasteiger partial charge in [-0.1, -0.05) is 29.8 Å². The third kappa shape index (κ3) is 2.83. The quantitative estimate of drug-likeness (QED) is 0.418. The average molecular weight is 329 g/mol. The molecule has 2 heterocycles. The van der Waals surface area contributed by atoms with Gasteiger partial charge in [0.15, 0.2) is 0 Å². The summed E-state index contributed by atoms with van der Waals surface area (Å²) in [4.78, 5) is 28.9. The van der Waals surface area contributed by atoms with Gasteiger partial charge in [0.25, 0.3) is 5.78 Å². The van der Waals surface area contributed by atoms with Crippen molar-refractivity contribution in [3.05, 3.63) is 59.4 Å². The van der Waals surface area contributed by atoms with Gasteiger partial charge in [0.05, 0.1) is 6.61 Å². The van der Waals surface area contributed by atoms with Crippen LogP contribution in [0.15, 0.2) is 48.7 Å². The number of esters is 1. The van der Waals surface area contributed by atoms with Crippen LogP contribution in [0.4, 0.5) is 0 Å². The Hall–Kier alpha value is -2.66. The summed E-state index contributed by atoms with van der Waals surface area (Å²) >= 11 is 5.91. The summed E-state index contributed by atoms with van der Waals surface area (Å²) < 4.78 is 6.42. The highest BCUT2D eigenvalue weighted by atomic mass is 35.5. The van der Waals surface area contributed by atoms with E-state index in [2.05, 4.69) is 4.98 Å². The zero-order valence-electron chi connectivity index (χ0n) is 12.3. The molecular weight excluding hydrogens is 316 g/mol. The Labute approximate surface area is 137 Å². The Morgan fingerprint density at radius 3 is 2.61 bits per heavy atom. The minimum Gasteiger partial charge on any atom is -0.460 e. The summed E-state index contributed by atoms with van der Waals surface area (Å²) in [5.74, 6) is -1.62. The lowest BCUT2D eigenvalue weighted by atomic mass is 10.1. The number of ether oxygens (including phenoxy) is 1. The van der Waals surface area contributed by atoms with Crippen molar-refractivity contribution in [1.82, 2.24) is 9.38 Å². The highest BCUT2D eigenvalue weighted by Crippen LogP contribution is 2.26. The molecule has 0 bridgehead atoms. The number of rotatable bonds is 4. The SMILES string of the molecule is CCOC(=O)C(=O)c1c(-c2ccc(Cl)cc2)nc2ccccn12. The summed E-state index contributed by atoms with van der Waals surface area (Å²) in [5, 5.41) is 0.579. The molecule has 2 aromatic heterocycles. The first-order valence-electron chi connectivity index (χ1n) is 7.06. The second-order valence-electron chi connectivity index (χ2n) is 4.79. The number of Topliss-reactive ketones (excluding diaryl/α,β-unsaturated/α-hetero) is 1. The molecule has 0 aliphatic heterocycles. The first-order chi connectivity index (χ1) is 11.1. The zero-order chi connectivity index (χ0) is 16.4. The van der Waals surface area contributed by atoms with Gasteiger partial charge in [-0.15, -0.1) is 0 Å². The zero-order valence-corrected chi connectivity index (χ0v) is 13.1. The van der Waals surface area contributed by atoms with Crippen LogP contribution in [0.25, 0.3) is 16.9 Å². The predicted octanol–water partition coefficient (Wildman–Crippen LogP) is 3.40. The predicted molar refractivity (Wildman–Crippen MR) is 86.6 cm³/mol. The van der Waals surface area contributed by atoms with Crippen LogP contribution in [0.1, 0.15) is 17.4 Å². The molecule has 23 heavy (non-hydrogen) atoms. The van der Waals surface area contributed by atoms with Gasteiger partial charge in [-0.2, -0.15) is 0 Å². The molecule has 0 saturated heterocycles. The van der Waals surface area contributed by atoms with Crippen LogP contribution >= 0.6 is 11.6 Å². The number of imidazole rings is 1. The van der Waals surface area contributed by atoms with Crippen molar-refractivity contribution < 1.29 is 14.3 Å². The van der Waals surface area contributed by atoms with Crippen molar-refractivity contribution in [3.63, 3.8) is 0 Å². The minimum atomic E-state index is -0.895. The van der Waals surface area contributed by atoms with Gasteiger partial charge in [0.1, 0.15) is 17.0 Å². The van der Waals surface area contributed by atoms with Gasteiger partial charge in [-0.05, 0) is 31.2 Å². The van der Waals surface area contributed by atoms with Crippen LogP contribution in [0.3, 0.4) is 0 Å². The molecule has 5 nitrogen and oxygen atoms in total. The summed E-state index contributed by atoms with van der Waals surface area (Å²) in [5.41, 5.74) is 1.88. The largest absolute Gasteiger partial charge is 0.460 e. The molecule has 6 heteroatoms. The Bertz CT molecular complexity index is 884. The fraction of sp³-hybridized carbons (Fsp3) is 0.118. The van der Waals surface area contributed by atoms with E-state index in [1.807, 2.05) is 6.07 Å². The minimum absolute atomic E-state index is 0.136. The van der Waals surface area contributed by atoms with Gasteiger partial charge in [-0.25, -0.2) is 9.78 Å². The number of ketones is 1. The molecule has 116 valence electrons. The highest BCUT2D eigenvalue weighted by Gasteiger charge is 2.26. The summed E-state index contributed by atoms with van der Waals surface area (Å²) in [6.07, 6.45) is 1.69. The number of pyridine rings is 1. The van der Waals surface area contributed by atoms with Crippen LogP contribution in [-0.2, 0) is 9.53 Å². The summed E-state index contributed by atoms with van der Waals surface area (Å²) in [6.45, 7) is 1.79. The molecule has 0 N–H and O–H groups in total.